The first-order chi connectivity index (χ1) is 9.15. The summed E-state index contributed by atoms with van der Waals surface area (Å²) in [7, 11) is 0. The number of rotatable bonds is 2. The van der Waals surface area contributed by atoms with Gasteiger partial charge in [-0.15, -0.1) is 0 Å². The number of carbonyl (C=O) groups excluding carboxylic acids is 1. The second-order valence-corrected chi connectivity index (χ2v) is 4.60. The molecule has 0 aliphatic carbocycles. The maximum atomic E-state index is 12.4. The van der Waals surface area contributed by atoms with Gasteiger partial charge < -0.3 is 9.52 Å². The molecule has 3 aromatic rings. The van der Waals surface area contributed by atoms with Crippen LogP contribution in [0.2, 0.25) is 5.02 Å². The molecule has 0 radical (unpaired) electrons. The minimum atomic E-state index is -0.138. The average Bonchev–Trinajstić information content (AvgIpc) is 2.81. The highest BCUT2D eigenvalue weighted by Crippen LogP contribution is 2.27. The Bertz CT molecular complexity index is 757. The third-order valence-electron chi connectivity index (χ3n) is 2.91. The van der Waals surface area contributed by atoms with Gasteiger partial charge in [0.05, 0.1) is 5.56 Å². The molecule has 0 saturated heterocycles. The van der Waals surface area contributed by atoms with Crippen molar-refractivity contribution in [1.82, 2.24) is 0 Å². The minimum absolute atomic E-state index is 0.104. The number of fused-ring (bicyclic) bond motifs is 1. The van der Waals surface area contributed by atoms with E-state index in [1.165, 1.54) is 18.4 Å². The van der Waals surface area contributed by atoms with E-state index >= 15 is 0 Å². The summed E-state index contributed by atoms with van der Waals surface area (Å²) in [6.07, 6.45) is 1.40. The molecule has 19 heavy (non-hydrogen) atoms. The number of hydrogen-bond acceptors (Lipinski definition) is 3. The molecule has 0 fully saturated rings. The van der Waals surface area contributed by atoms with Crippen molar-refractivity contribution in [3.8, 4) is 5.75 Å². The summed E-state index contributed by atoms with van der Waals surface area (Å²) in [4.78, 5) is 12.4. The number of phenols is 1. The number of carbonyl (C=O) groups is 1. The van der Waals surface area contributed by atoms with Gasteiger partial charge in [0.2, 0.25) is 0 Å². The lowest BCUT2D eigenvalue weighted by molar-refractivity contribution is 0.103. The van der Waals surface area contributed by atoms with Crippen LogP contribution in [0.25, 0.3) is 11.0 Å². The van der Waals surface area contributed by atoms with Crippen LogP contribution in [0.5, 0.6) is 5.75 Å². The van der Waals surface area contributed by atoms with E-state index in [9.17, 15) is 9.90 Å². The van der Waals surface area contributed by atoms with Crippen LogP contribution in [-0.2, 0) is 0 Å². The standard InChI is InChI=1S/C15H9ClO3/c16-10-3-1-9(2-4-10)15(18)13-8-19-14-7-11(17)5-6-12(13)14/h1-8,17H. The maximum Gasteiger partial charge on any atom is 0.196 e. The highest BCUT2D eigenvalue weighted by molar-refractivity contribution is 6.30. The van der Waals surface area contributed by atoms with Crippen LogP contribution < -0.4 is 0 Å². The lowest BCUT2D eigenvalue weighted by Crippen LogP contribution is -1.99. The lowest BCUT2D eigenvalue weighted by atomic mass is 10.0. The van der Waals surface area contributed by atoms with E-state index in [1.54, 1.807) is 30.3 Å². The summed E-state index contributed by atoms with van der Waals surface area (Å²) >= 11 is 5.80. The molecule has 4 heteroatoms. The molecule has 0 aliphatic rings. The predicted molar refractivity (Wildman–Crippen MR) is 72.8 cm³/mol. The van der Waals surface area contributed by atoms with Gasteiger partial charge in [0, 0.05) is 22.0 Å². The number of furan rings is 1. The summed E-state index contributed by atoms with van der Waals surface area (Å²) in [5, 5.41) is 10.6. The van der Waals surface area contributed by atoms with Gasteiger partial charge in [0.15, 0.2) is 5.78 Å². The second kappa shape index (κ2) is 4.44. The van der Waals surface area contributed by atoms with Crippen molar-refractivity contribution < 1.29 is 14.3 Å². The maximum absolute atomic E-state index is 12.4. The molecule has 2 aromatic carbocycles. The van der Waals surface area contributed by atoms with Crippen LogP contribution in [-0.4, -0.2) is 10.9 Å². The Morgan fingerprint density at radius 1 is 1.11 bits per heavy atom. The van der Waals surface area contributed by atoms with Crippen LogP contribution >= 0.6 is 11.6 Å². The third kappa shape index (κ3) is 2.09. The van der Waals surface area contributed by atoms with Gasteiger partial charge in [-0.05, 0) is 36.4 Å². The molecule has 94 valence electrons. The largest absolute Gasteiger partial charge is 0.508 e. The first-order valence-corrected chi connectivity index (χ1v) is 6.03. The van der Waals surface area contributed by atoms with Gasteiger partial charge in [0.1, 0.15) is 17.6 Å². The number of halogens is 1. The minimum Gasteiger partial charge on any atom is -0.508 e. The number of aromatic hydroxyl groups is 1. The predicted octanol–water partition coefficient (Wildman–Crippen LogP) is 4.02. The lowest BCUT2D eigenvalue weighted by Gasteiger charge is -1.99. The van der Waals surface area contributed by atoms with Gasteiger partial charge >= 0.3 is 0 Å². The van der Waals surface area contributed by atoms with E-state index in [2.05, 4.69) is 0 Å². The van der Waals surface area contributed by atoms with E-state index in [-0.39, 0.29) is 11.5 Å². The van der Waals surface area contributed by atoms with Crippen LogP contribution in [0.15, 0.2) is 53.1 Å². The summed E-state index contributed by atoms with van der Waals surface area (Å²) in [6.45, 7) is 0. The molecule has 0 bridgehead atoms. The first kappa shape index (κ1) is 11.8. The number of benzene rings is 2. The second-order valence-electron chi connectivity index (χ2n) is 4.17. The van der Waals surface area contributed by atoms with Crippen LogP contribution in [0, 0.1) is 0 Å². The molecule has 3 nitrogen and oxygen atoms in total. The van der Waals surface area contributed by atoms with Crippen molar-refractivity contribution in [2.75, 3.05) is 0 Å². The molecule has 0 amide bonds. The van der Waals surface area contributed by atoms with Crippen molar-refractivity contribution in [3.63, 3.8) is 0 Å². The molecule has 1 N–H and O–H groups in total. The van der Waals surface area contributed by atoms with E-state index in [0.29, 0.717) is 27.1 Å². The number of ketones is 1. The highest BCUT2D eigenvalue weighted by Gasteiger charge is 2.15. The molecule has 1 heterocycles. The molecule has 0 saturated carbocycles. The monoisotopic (exact) mass is 272 g/mol. The van der Waals surface area contributed by atoms with Gasteiger partial charge in [0.25, 0.3) is 0 Å². The van der Waals surface area contributed by atoms with E-state index in [4.69, 9.17) is 16.0 Å². The van der Waals surface area contributed by atoms with Crippen molar-refractivity contribution >= 4 is 28.4 Å². The molecule has 0 unspecified atom stereocenters. The Labute approximate surface area is 114 Å². The van der Waals surface area contributed by atoms with Crippen molar-refractivity contribution in [1.29, 1.82) is 0 Å². The molecule has 1 aromatic heterocycles. The highest BCUT2D eigenvalue weighted by atomic mass is 35.5. The fourth-order valence-electron chi connectivity index (χ4n) is 1.95. The normalized spacial score (nSPS) is 10.8. The fraction of sp³-hybridized carbons (Fsp3) is 0. The zero-order valence-electron chi connectivity index (χ0n) is 9.76. The Morgan fingerprint density at radius 2 is 1.84 bits per heavy atom. The smallest absolute Gasteiger partial charge is 0.196 e. The summed E-state index contributed by atoms with van der Waals surface area (Å²) in [6, 6.07) is 11.3. The topological polar surface area (TPSA) is 50.4 Å². The van der Waals surface area contributed by atoms with Gasteiger partial charge in [-0.25, -0.2) is 0 Å². The zero-order valence-corrected chi connectivity index (χ0v) is 10.5. The molecular formula is C15H9ClO3. The quantitative estimate of drug-likeness (QED) is 0.717. The van der Waals surface area contributed by atoms with Gasteiger partial charge in [-0.2, -0.15) is 0 Å². The van der Waals surface area contributed by atoms with Gasteiger partial charge in [-0.1, -0.05) is 11.6 Å². The third-order valence-corrected chi connectivity index (χ3v) is 3.16. The van der Waals surface area contributed by atoms with Crippen molar-refractivity contribution in [3.05, 3.63) is 64.9 Å². The molecule has 0 aliphatic heterocycles. The fourth-order valence-corrected chi connectivity index (χ4v) is 2.08. The Balaban J connectivity index is 2.09. The van der Waals surface area contributed by atoms with E-state index < -0.39 is 0 Å². The Morgan fingerprint density at radius 3 is 2.58 bits per heavy atom. The summed E-state index contributed by atoms with van der Waals surface area (Å²) < 4.78 is 5.29. The summed E-state index contributed by atoms with van der Waals surface area (Å²) in [5.41, 5.74) is 1.50. The van der Waals surface area contributed by atoms with Crippen LogP contribution in [0.3, 0.4) is 0 Å². The van der Waals surface area contributed by atoms with Crippen LogP contribution in [0.4, 0.5) is 0 Å². The molecule has 0 spiro atoms. The Hall–Kier alpha value is -2.26. The first-order valence-electron chi connectivity index (χ1n) is 5.65. The van der Waals surface area contributed by atoms with E-state index in [1.807, 2.05) is 0 Å². The number of hydrogen-bond donors (Lipinski definition) is 1. The average molecular weight is 273 g/mol. The van der Waals surface area contributed by atoms with Crippen molar-refractivity contribution in [2.45, 2.75) is 0 Å². The zero-order chi connectivity index (χ0) is 13.4. The van der Waals surface area contributed by atoms with E-state index in [0.717, 1.165) is 0 Å². The molecular weight excluding hydrogens is 264 g/mol. The summed E-state index contributed by atoms with van der Waals surface area (Å²) in [5.74, 6) is -0.0338. The van der Waals surface area contributed by atoms with Gasteiger partial charge in [-0.3, -0.25) is 4.79 Å². The molecule has 3 rings (SSSR count). The number of phenolic OH excluding ortho intramolecular Hbond substituents is 1. The molecule has 0 atom stereocenters. The Kier molecular flexibility index (Phi) is 2.76. The SMILES string of the molecule is O=C(c1ccc(Cl)cc1)c1coc2cc(O)ccc12. The van der Waals surface area contributed by atoms with Crippen LogP contribution in [0.1, 0.15) is 15.9 Å². The van der Waals surface area contributed by atoms with Crippen molar-refractivity contribution in [2.24, 2.45) is 0 Å².